The number of carbonyl (C=O) groups is 1. The molecule has 1 rings (SSSR count). The van der Waals surface area contributed by atoms with E-state index in [0.29, 0.717) is 13.1 Å². The van der Waals surface area contributed by atoms with Gasteiger partial charge in [0.05, 0.1) is 18.8 Å². The summed E-state index contributed by atoms with van der Waals surface area (Å²) in [6.07, 6.45) is 0.467. The van der Waals surface area contributed by atoms with Crippen LogP contribution in [-0.2, 0) is 9.47 Å². The SMILES string of the molecule is CC(C)O[C@H]1CN(C(=O)OC(C)(C)C)CC[C@H]1N. The van der Waals surface area contributed by atoms with Crippen LogP contribution in [0.15, 0.2) is 0 Å². The second-order valence-corrected chi connectivity index (χ2v) is 6.10. The predicted molar refractivity (Wildman–Crippen MR) is 70.4 cm³/mol. The van der Waals surface area contributed by atoms with E-state index in [4.69, 9.17) is 15.2 Å². The van der Waals surface area contributed by atoms with E-state index in [-0.39, 0.29) is 24.3 Å². The average Bonchev–Trinajstić information content (AvgIpc) is 2.17. The molecule has 1 heterocycles. The highest BCUT2D eigenvalue weighted by molar-refractivity contribution is 5.68. The van der Waals surface area contributed by atoms with Crippen LogP contribution < -0.4 is 5.73 Å². The van der Waals surface area contributed by atoms with Gasteiger partial charge >= 0.3 is 6.09 Å². The van der Waals surface area contributed by atoms with Crippen molar-refractivity contribution in [3.63, 3.8) is 0 Å². The van der Waals surface area contributed by atoms with Gasteiger partial charge < -0.3 is 20.1 Å². The van der Waals surface area contributed by atoms with E-state index in [2.05, 4.69) is 0 Å². The molecule has 1 aliphatic heterocycles. The molecule has 0 radical (unpaired) electrons. The highest BCUT2D eigenvalue weighted by Gasteiger charge is 2.32. The molecule has 0 bridgehead atoms. The monoisotopic (exact) mass is 258 g/mol. The summed E-state index contributed by atoms with van der Waals surface area (Å²) in [7, 11) is 0. The van der Waals surface area contributed by atoms with Gasteiger partial charge in [0.2, 0.25) is 0 Å². The predicted octanol–water partition coefficient (Wildman–Crippen LogP) is 1.75. The Morgan fingerprint density at radius 2 is 2.00 bits per heavy atom. The summed E-state index contributed by atoms with van der Waals surface area (Å²) >= 11 is 0. The van der Waals surface area contributed by atoms with Crippen molar-refractivity contribution in [3.8, 4) is 0 Å². The Morgan fingerprint density at radius 1 is 1.39 bits per heavy atom. The summed E-state index contributed by atoms with van der Waals surface area (Å²) < 4.78 is 11.1. The van der Waals surface area contributed by atoms with Crippen LogP contribution in [0.1, 0.15) is 41.0 Å². The Balaban J connectivity index is 2.56. The molecule has 1 saturated heterocycles. The van der Waals surface area contributed by atoms with Gasteiger partial charge in [-0.15, -0.1) is 0 Å². The van der Waals surface area contributed by atoms with Gasteiger partial charge in [0.15, 0.2) is 0 Å². The van der Waals surface area contributed by atoms with Crippen LogP contribution in [0, 0.1) is 0 Å². The summed E-state index contributed by atoms with van der Waals surface area (Å²) in [5, 5.41) is 0. The lowest BCUT2D eigenvalue weighted by Gasteiger charge is -2.38. The van der Waals surface area contributed by atoms with Crippen LogP contribution in [0.5, 0.6) is 0 Å². The zero-order valence-corrected chi connectivity index (χ0v) is 12.1. The van der Waals surface area contributed by atoms with Crippen LogP contribution in [0.2, 0.25) is 0 Å². The van der Waals surface area contributed by atoms with Gasteiger partial charge in [-0.1, -0.05) is 0 Å². The fraction of sp³-hybridized carbons (Fsp3) is 0.923. The third kappa shape index (κ3) is 4.82. The summed E-state index contributed by atoms with van der Waals surface area (Å²) in [4.78, 5) is 13.6. The number of nitrogens with two attached hydrogens (primary N) is 1. The van der Waals surface area contributed by atoms with Gasteiger partial charge in [-0.3, -0.25) is 0 Å². The lowest BCUT2D eigenvalue weighted by Crippen LogP contribution is -2.54. The molecule has 1 aliphatic rings. The molecule has 0 unspecified atom stereocenters. The van der Waals surface area contributed by atoms with E-state index >= 15 is 0 Å². The minimum Gasteiger partial charge on any atom is -0.444 e. The van der Waals surface area contributed by atoms with Crippen LogP contribution >= 0.6 is 0 Å². The molecular formula is C13H26N2O3. The second kappa shape index (κ2) is 5.89. The molecule has 0 aliphatic carbocycles. The number of likely N-dealkylation sites (tertiary alicyclic amines) is 1. The zero-order chi connectivity index (χ0) is 13.9. The molecule has 18 heavy (non-hydrogen) atoms. The number of carbonyl (C=O) groups excluding carboxylic acids is 1. The number of piperidine rings is 1. The quantitative estimate of drug-likeness (QED) is 0.819. The van der Waals surface area contributed by atoms with Crippen molar-refractivity contribution in [1.82, 2.24) is 4.90 Å². The molecule has 5 nitrogen and oxygen atoms in total. The Morgan fingerprint density at radius 3 is 2.50 bits per heavy atom. The largest absolute Gasteiger partial charge is 0.444 e. The van der Waals surface area contributed by atoms with Gasteiger partial charge in [-0.25, -0.2) is 4.79 Å². The maximum absolute atomic E-state index is 12.0. The van der Waals surface area contributed by atoms with Gasteiger partial charge in [-0.05, 0) is 41.0 Å². The van der Waals surface area contributed by atoms with Gasteiger partial charge in [0.1, 0.15) is 5.60 Å². The summed E-state index contributed by atoms with van der Waals surface area (Å²) in [5.74, 6) is 0. The van der Waals surface area contributed by atoms with Gasteiger partial charge in [0, 0.05) is 12.6 Å². The fourth-order valence-electron chi connectivity index (χ4n) is 1.92. The summed E-state index contributed by atoms with van der Waals surface area (Å²) in [6, 6.07) is -0.00825. The Bertz CT molecular complexity index is 286. The number of nitrogens with zero attached hydrogens (tertiary/aromatic N) is 1. The van der Waals surface area contributed by atoms with Crippen LogP contribution in [0.25, 0.3) is 0 Å². The van der Waals surface area contributed by atoms with E-state index in [0.717, 1.165) is 6.42 Å². The van der Waals surface area contributed by atoms with Crippen LogP contribution in [-0.4, -0.2) is 47.9 Å². The molecule has 0 spiro atoms. The molecule has 0 aromatic heterocycles. The average molecular weight is 258 g/mol. The molecule has 106 valence electrons. The van der Waals surface area contributed by atoms with E-state index in [1.54, 1.807) is 4.90 Å². The number of hydrogen-bond donors (Lipinski definition) is 1. The van der Waals surface area contributed by atoms with E-state index in [1.165, 1.54) is 0 Å². The molecule has 0 aromatic rings. The maximum Gasteiger partial charge on any atom is 0.410 e. The van der Waals surface area contributed by atoms with Crippen molar-refractivity contribution >= 4 is 6.09 Å². The smallest absolute Gasteiger partial charge is 0.410 e. The number of ether oxygens (including phenoxy) is 2. The minimum atomic E-state index is -0.467. The molecule has 2 N–H and O–H groups in total. The second-order valence-electron chi connectivity index (χ2n) is 6.10. The minimum absolute atomic E-state index is 0.00825. The first kappa shape index (κ1) is 15.2. The van der Waals surface area contributed by atoms with E-state index in [9.17, 15) is 4.79 Å². The third-order valence-corrected chi connectivity index (χ3v) is 2.71. The Kier molecular flexibility index (Phi) is 4.99. The molecule has 1 fully saturated rings. The van der Waals surface area contributed by atoms with Crippen molar-refractivity contribution in [3.05, 3.63) is 0 Å². The first-order valence-corrected chi connectivity index (χ1v) is 6.58. The number of amides is 1. The Hall–Kier alpha value is -0.810. The normalized spacial score (nSPS) is 25.4. The summed E-state index contributed by atoms with van der Waals surface area (Å²) in [6.45, 7) is 10.7. The lowest BCUT2D eigenvalue weighted by molar-refractivity contribution is -0.0503. The fourth-order valence-corrected chi connectivity index (χ4v) is 1.92. The van der Waals surface area contributed by atoms with Crippen LogP contribution in [0.4, 0.5) is 4.79 Å². The van der Waals surface area contributed by atoms with Crippen molar-refractivity contribution < 1.29 is 14.3 Å². The molecule has 1 amide bonds. The van der Waals surface area contributed by atoms with Crippen molar-refractivity contribution in [2.24, 2.45) is 5.73 Å². The molecule has 2 atom stereocenters. The Labute approximate surface area is 110 Å². The molecule has 0 aromatic carbocycles. The lowest BCUT2D eigenvalue weighted by atomic mass is 10.0. The molecule has 5 heteroatoms. The van der Waals surface area contributed by atoms with Gasteiger partial charge in [-0.2, -0.15) is 0 Å². The maximum atomic E-state index is 12.0. The molecule has 0 saturated carbocycles. The molecular weight excluding hydrogens is 232 g/mol. The topological polar surface area (TPSA) is 64.8 Å². The van der Waals surface area contributed by atoms with Crippen LogP contribution in [0.3, 0.4) is 0 Å². The third-order valence-electron chi connectivity index (χ3n) is 2.71. The van der Waals surface area contributed by atoms with Crippen molar-refractivity contribution in [1.29, 1.82) is 0 Å². The number of hydrogen-bond acceptors (Lipinski definition) is 4. The first-order chi connectivity index (χ1) is 8.19. The van der Waals surface area contributed by atoms with Crippen molar-refractivity contribution in [2.75, 3.05) is 13.1 Å². The standard InChI is InChI=1S/C13H26N2O3/c1-9(2)17-11-8-15(7-6-10(11)14)12(16)18-13(3,4)5/h9-11H,6-8,14H2,1-5H3/t10-,11+/m1/s1. The highest BCUT2D eigenvalue weighted by Crippen LogP contribution is 2.17. The number of rotatable bonds is 2. The van der Waals surface area contributed by atoms with E-state index in [1.807, 2.05) is 34.6 Å². The van der Waals surface area contributed by atoms with Gasteiger partial charge in [0.25, 0.3) is 0 Å². The highest BCUT2D eigenvalue weighted by atomic mass is 16.6. The van der Waals surface area contributed by atoms with Crippen molar-refractivity contribution in [2.45, 2.75) is 64.9 Å². The summed E-state index contributed by atoms with van der Waals surface area (Å²) in [5.41, 5.74) is 5.55. The zero-order valence-electron chi connectivity index (χ0n) is 12.1. The van der Waals surface area contributed by atoms with E-state index < -0.39 is 5.60 Å². The first-order valence-electron chi connectivity index (χ1n) is 6.58.